The van der Waals surface area contributed by atoms with Gasteiger partial charge in [-0.25, -0.2) is 19.4 Å². The zero-order valence-electron chi connectivity index (χ0n) is 22.2. The normalized spacial score (nSPS) is 23.0. The largest absolute Gasteiger partial charge is 0.444 e. The summed E-state index contributed by atoms with van der Waals surface area (Å²) in [5.74, 6) is 0.868. The van der Waals surface area contributed by atoms with E-state index in [2.05, 4.69) is 57.1 Å². The minimum absolute atomic E-state index is 0.0539. The van der Waals surface area contributed by atoms with E-state index in [0.717, 1.165) is 78.9 Å². The van der Waals surface area contributed by atoms with Gasteiger partial charge in [0, 0.05) is 25.1 Å². The summed E-state index contributed by atoms with van der Waals surface area (Å²) in [6.07, 6.45) is 7.41. The molecule has 1 amide bonds. The van der Waals surface area contributed by atoms with Gasteiger partial charge in [0.15, 0.2) is 15.6 Å². The van der Waals surface area contributed by atoms with Crippen LogP contribution in [-0.2, 0) is 15.9 Å². The van der Waals surface area contributed by atoms with E-state index in [4.69, 9.17) is 24.5 Å². The first-order valence-electron chi connectivity index (χ1n) is 13.6. The first-order valence-corrected chi connectivity index (χ1v) is 14.6. The molecule has 38 heavy (non-hydrogen) atoms. The van der Waals surface area contributed by atoms with E-state index in [1.165, 1.54) is 11.1 Å². The van der Waals surface area contributed by atoms with Crippen LogP contribution < -0.4 is 10.2 Å². The number of aromatic nitrogens is 4. The van der Waals surface area contributed by atoms with Gasteiger partial charge >= 0.3 is 6.09 Å². The van der Waals surface area contributed by atoms with Gasteiger partial charge in [-0.3, -0.25) is 0 Å². The van der Waals surface area contributed by atoms with Crippen molar-refractivity contribution in [1.29, 1.82) is 0 Å². The smallest absolute Gasteiger partial charge is 0.408 e. The summed E-state index contributed by atoms with van der Waals surface area (Å²) in [5, 5.41) is 7.97. The summed E-state index contributed by atoms with van der Waals surface area (Å²) in [6.45, 7) is 8.13. The van der Waals surface area contributed by atoms with Crippen molar-refractivity contribution in [3.8, 4) is 0 Å². The Kier molecular flexibility index (Phi) is 6.74. The molecule has 4 heterocycles. The molecule has 1 spiro atoms. The van der Waals surface area contributed by atoms with Gasteiger partial charge in [0.1, 0.15) is 16.9 Å². The molecular formula is C28H35IN6O3. The molecule has 1 aromatic carbocycles. The van der Waals surface area contributed by atoms with Gasteiger partial charge in [0.25, 0.3) is 0 Å². The Morgan fingerprint density at radius 3 is 2.74 bits per heavy atom. The van der Waals surface area contributed by atoms with E-state index in [1.54, 1.807) is 0 Å². The maximum atomic E-state index is 12.8. The van der Waals surface area contributed by atoms with Crippen molar-refractivity contribution in [2.24, 2.45) is 5.41 Å². The summed E-state index contributed by atoms with van der Waals surface area (Å²) in [6, 6.07) is 8.41. The Labute approximate surface area is 236 Å². The number of amides is 1. The third kappa shape index (κ3) is 4.85. The highest BCUT2D eigenvalue weighted by Crippen LogP contribution is 2.52. The minimum atomic E-state index is -0.539. The van der Waals surface area contributed by atoms with Gasteiger partial charge in [-0.1, -0.05) is 24.3 Å². The Morgan fingerprint density at radius 2 is 2.00 bits per heavy atom. The van der Waals surface area contributed by atoms with Gasteiger partial charge in [0.05, 0.1) is 12.2 Å². The van der Waals surface area contributed by atoms with E-state index >= 15 is 0 Å². The molecule has 9 nitrogen and oxygen atoms in total. The fourth-order valence-corrected chi connectivity index (χ4v) is 6.84. The number of carbonyl (C=O) groups is 1. The highest BCUT2D eigenvalue weighted by molar-refractivity contribution is 14.1. The predicted octanol–water partition coefficient (Wildman–Crippen LogP) is 5.54. The summed E-state index contributed by atoms with van der Waals surface area (Å²) in [7, 11) is 0. The van der Waals surface area contributed by atoms with Crippen LogP contribution in [0.4, 0.5) is 10.6 Å². The molecule has 0 radical (unpaired) electrons. The third-order valence-electron chi connectivity index (χ3n) is 8.04. The molecule has 1 N–H and O–H groups in total. The Morgan fingerprint density at radius 1 is 1.21 bits per heavy atom. The number of benzene rings is 1. The standard InChI is InChI=1S/C28H35IN6O3/c1-27(2,3)38-26(36)32-23-19-9-5-4-8-18(19)16-28(23)11-13-34(14-12-28)20-17-30-22-24(29)33-35(25(22)31-20)21-10-6-7-15-37-21/h4-5,8-9,17,21,23H,6-7,10-16H2,1-3H3,(H,32,36)/t21?,23-/m1/s1. The van der Waals surface area contributed by atoms with E-state index in [1.807, 2.05) is 31.6 Å². The van der Waals surface area contributed by atoms with Gasteiger partial charge in [-0.15, -0.1) is 0 Å². The van der Waals surface area contributed by atoms with Crippen LogP contribution in [0.1, 0.15) is 76.3 Å². The SMILES string of the molecule is CC(C)(C)OC(=O)N[C@@H]1c2ccccc2CC12CCN(c1cnc3c(I)nn(C4CCCCO4)c3n1)CC2. The molecule has 2 fully saturated rings. The summed E-state index contributed by atoms with van der Waals surface area (Å²) < 4.78 is 14.4. The Hall–Kier alpha value is -2.47. The topological polar surface area (TPSA) is 94.4 Å². The molecular weight excluding hydrogens is 595 g/mol. The van der Waals surface area contributed by atoms with Crippen LogP contribution in [-0.4, -0.2) is 51.1 Å². The van der Waals surface area contributed by atoms with Crippen molar-refractivity contribution in [3.05, 3.63) is 45.3 Å². The second kappa shape index (κ2) is 9.93. The first-order chi connectivity index (χ1) is 18.2. The molecule has 3 aromatic rings. The molecule has 10 heteroatoms. The number of nitrogens with one attached hydrogen (secondary N) is 1. The average molecular weight is 631 g/mol. The van der Waals surface area contributed by atoms with E-state index in [9.17, 15) is 4.79 Å². The van der Waals surface area contributed by atoms with Crippen molar-refractivity contribution in [3.63, 3.8) is 0 Å². The molecule has 2 saturated heterocycles. The maximum absolute atomic E-state index is 12.8. The zero-order valence-corrected chi connectivity index (χ0v) is 24.4. The number of halogens is 1. The number of rotatable bonds is 3. The number of alkyl carbamates (subject to hydrolysis) is 1. The maximum Gasteiger partial charge on any atom is 0.408 e. The van der Waals surface area contributed by atoms with Crippen LogP contribution in [0.15, 0.2) is 30.5 Å². The lowest BCUT2D eigenvalue weighted by molar-refractivity contribution is -0.0372. The first kappa shape index (κ1) is 25.8. The van der Waals surface area contributed by atoms with E-state index in [0.29, 0.717) is 0 Å². The van der Waals surface area contributed by atoms with Gasteiger partial charge in [-0.2, -0.15) is 5.10 Å². The highest BCUT2D eigenvalue weighted by Gasteiger charge is 2.48. The number of anilines is 1. The minimum Gasteiger partial charge on any atom is -0.444 e. The quantitative estimate of drug-likeness (QED) is 0.380. The van der Waals surface area contributed by atoms with E-state index in [-0.39, 0.29) is 23.8 Å². The number of fused-ring (bicyclic) bond motifs is 2. The average Bonchev–Trinajstić information content (AvgIpc) is 3.38. The molecule has 0 bridgehead atoms. The fourth-order valence-electron chi connectivity index (χ4n) is 6.23. The lowest BCUT2D eigenvalue weighted by Crippen LogP contribution is -2.48. The summed E-state index contributed by atoms with van der Waals surface area (Å²) >= 11 is 2.23. The lowest BCUT2D eigenvalue weighted by atomic mass is 9.72. The van der Waals surface area contributed by atoms with Gasteiger partial charge < -0.3 is 19.7 Å². The van der Waals surface area contributed by atoms with Crippen LogP contribution in [0.3, 0.4) is 0 Å². The molecule has 0 saturated carbocycles. The highest BCUT2D eigenvalue weighted by atomic mass is 127. The van der Waals surface area contributed by atoms with Crippen LogP contribution in [0.2, 0.25) is 0 Å². The molecule has 6 rings (SSSR count). The summed E-state index contributed by atoms with van der Waals surface area (Å²) in [4.78, 5) is 25.0. The molecule has 3 aliphatic rings. The van der Waals surface area contributed by atoms with Crippen LogP contribution in [0, 0.1) is 9.12 Å². The molecule has 1 unspecified atom stereocenters. The van der Waals surface area contributed by atoms with Gasteiger partial charge in [-0.05, 0) is 93.0 Å². The van der Waals surface area contributed by atoms with E-state index < -0.39 is 5.60 Å². The van der Waals surface area contributed by atoms with Crippen molar-refractivity contribution < 1.29 is 14.3 Å². The number of hydrogen-bond donors (Lipinski definition) is 1. The number of ether oxygens (including phenoxy) is 2. The molecule has 2 atom stereocenters. The Balaban J connectivity index is 1.23. The van der Waals surface area contributed by atoms with Crippen LogP contribution >= 0.6 is 22.6 Å². The number of carbonyl (C=O) groups excluding carboxylic acids is 1. The van der Waals surface area contributed by atoms with Crippen molar-refractivity contribution in [2.75, 3.05) is 24.6 Å². The van der Waals surface area contributed by atoms with Crippen molar-refractivity contribution in [2.45, 2.75) is 77.2 Å². The van der Waals surface area contributed by atoms with Crippen molar-refractivity contribution in [1.82, 2.24) is 25.1 Å². The number of nitrogens with zero attached hydrogens (tertiary/aromatic N) is 5. The number of hydrogen-bond acceptors (Lipinski definition) is 7. The third-order valence-corrected chi connectivity index (χ3v) is 8.77. The van der Waals surface area contributed by atoms with Crippen molar-refractivity contribution >= 4 is 45.7 Å². The second-order valence-corrected chi connectivity index (χ2v) is 12.8. The molecule has 2 aliphatic heterocycles. The Bertz CT molecular complexity index is 1340. The molecule has 1 aliphatic carbocycles. The monoisotopic (exact) mass is 630 g/mol. The van der Waals surface area contributed by atoms with Gasteiger partial charge in [0.2, 0.25) is 0 Å². The van der Waals surface area contributed by atoms with Crippen LogP contribution in [0.5, 0.6) is 0 Å². The molecule has 202 valence electrons. The fraction of sp³-hybridized carbons (Fsp3) is 0.571. The van der Waals surface area contributed by atoms with Crippen LogP contribution in [0.25, 0.3) is 11.2 Å². The summed E-state index contributed by atoms with van der Waals surface area (Å²) in [5.41, 5.74) is 3.54. The zero-order chi connectivity index (χ0) is 26.5. The lowest BCUT2D eigenvalue weighted by Gasteiger charge is -2.43. The number of piperidine rings is 1. The molecule has 2 aromatic heterocycles. The second-order valence-electron chi connectivity index (χ2n) is 11.8. The predicted molar refractivity (Wildman–Crippen MR) is 153 cm³/mol.